The van der Waals surface area contributed by atoms with E-state index >= 15 is 0 Å². The van der Waals surface area contributed by atoms with Crippen LogP contribution in [0, 0.1) is 0 Å². The molecule has 4 aromatic rings. The SMILES string of the molecule is COc1cc2c(nc1OC)c(-c1cc3c(CNC4CCNCC4)ccnc3[nH]1)cn2C.Cl. The number of aromatic amines is 1. The number of methoxy groups -OCH3 is 2. The molecule has 1 saturated heterocycles. The van der Waals surface area contributed by atoms with Gasteiger partial charge in [0.25, 0.3) is 5.88 Å². The third-order valence-corrected chi connectivity index (χ3v) is 6.14. The summed E-state index contributed by atoms with van der Waals surface area (Å²) in [6, 6.07) is 6.80. The fourth-order valence-corrected chi connectivity index (χ4v) is 4.41. The first-order valence-corrected chi connectivity index (χ1v) is 10.7. The molecule has 0 spiro atoms. The highest BCUT2D eigenvalue weighted by Crippen LogP contribution is 2.36. The van der Waals surface area contributed by atoms with Crippen molar-refractivity contribution in [1.82, 2.24) is 30.2 Å². The fourth-order valence-electron chi connectivity index (χ4n) is 4.41. The molecule has 0 amide bonds. The zero-order valence-corrected chi connectivity index (χ0v) is 19.4. The van der Waals surface area contributed by atoms with E-state index in [1.807, 2.05) is 19.3 Å². The summed E-state index contributed by atoms with van der Waals surface area (Å²) in [6.45, 7) is 3.00. The lowest BCUT2D eigenvalue weighted by molar-refractivity contribution is 0.344. The van der Waals surface area contributed by atoms with Crippen LogP contribution < -0.4 is 20.1 Å². The second-order valence-corrected chi connectivity index (χ2v) is 8.04. The van der Waals surface area contributed by atoms with E-state index in [-0.39, 0.29) is 12.4 Å². The van der Waals surface area contributed by atoms with E-state index in [1.54, 1.807) is 14.2 Å². The van der Waals surface area contributed by atoms with E-state index in [1.165, 1.54) is 18.4 Å². The Labute approximate surface area is 193 Å². The zero-order chi connectivity index (χ0) is 21.4. The maximum absolute atomic E-state index is 5.43. The number of nitrogens with one attached hydrogen (secondary N) is 3. The summed E-state index contributed by atoms with van der Waals surface area (Å²) in [5.74, 6) is 1.09. The van der Waals surface area contributed by atoms with E-state index in [0.717, 1.165) is 53.0 Å². The van der Waals surface area contributed by atoms with Crippen LogP contribution in [0.1, 0.15) is 18.4 Å². The van der Waals surface area contributed by atoms with Crippen LogP contribution in [-0.2, 0) is 13.6 Å². The summed E-state index contributed by atoms with van der Waals surface area (Å²) < 4.78 is 12.9. The molecule has 0 saturated carbocycles. The summed E-state index contributed by atoms with van der Waals surface area (Å²) >= 11 is 0. The lowest BCUT2D eigenvalue weighted by atomic mass is 10.1. The zero-order valence-electron chi connectivity index (χ0n) is 18.6. The molecular weight excluding hydrogens is 428 g/mol. The number of aromatic nitrogens is 4. The molecule has 170 valence electrons. The monoisotopic (exact) mass is 456 g/mol. The van der Waals surface area contributed by atoms with Crippen molar-refractivity contribution < 1.29 is 9.47 Å². The summed E-state index contributed by atoms with van der Waals surface area (Å²) in [5, 5.41) is 8.26. The van der Waals surface area contributed by atoms with Gasteiger partial charge in [-0.1, -0.05) is 0 Å². The van der Waals surface area contributed by atoms with E-state index < -0.39 is 0 Å². The van der Waals surface area contributed by atoms with Crippen molar-refractivity contribution in [2.75, 3.05) is 27.3 Å². The van der Waals surface area contributed by atoms with Crippen LogP contribution in [-0.4, -0.2) is 52.9 Å². The molecule has 4 aromatic heterocycles. The van der Waals surface area contributed by atoms with Gasteiger partial charge in [-0.25, -0.2) is 9.97 Å². The topological polar surface area (TPSA) is 89.0 Å². The number of piperidine rings is 1. The first-order chi connectivity index (χ1) is 15.2. The smallest absolute Gasteiger partial charge is 0.257 e. The van der Waals surface area contributed by atoms with E-state index in [0.29, 0.717) is 17.7 Å². The molecular formula is C23H29ClN6O2. The van der Waals surface area contributed by atoms with Gasteiger partial charge in [0.05, 0.1) is 25.4 Å². The lowest BCUT2D eigenvalue weighted by Gasteiger charge is -2.23. The molecule has 9 heteroatoms. The third kappa shape index (κ3) is 4.01. The number of halogens is 1. The second kappa shape index (κ2) is 9.36. The van der Waals surface area contributed by atoms with Gasteiger partial charge in [0.2, 0.25) is 0 Å². The van der Waals surface area contributed by atoms with Gasteiger partial charge >= 0.3 is 0 Å². The predicted molar refractivity (Wildman–Crippen MR) is 129 cm³/mol. The molecule has 0 atom stereocenters. The maximum atomic E-state index is 5.43. The molecule has 3 N–H and O–H groups in total. The number of H-pyrrole nitrogens is 1. The molecule has 5 rings (SSSR count). The molecule has 0 unspecified atom stereocenters. The van der Waals surface area contributed by atoms with Gasteiger partial charge in [-0.15, -0.1) is 12.4 Å². The minimum Gasteiger partial charge on any atom is -0.491 e. The van der Waals surface area contributed by atoms with Crippen LogP contribution in [0.25, 0.3) is 33.3 Å². The Morgan fingerprint density at radius 3 is 2.75 bits per heavy atom. The van der Waals surface area contributed by atoms with Gasteiger partial charge in [0.15, 0.2) is 5.75 Å². The molecule has 1 aliphatic heterocycles. The quantitative estimate of drug-likeness (QED) is 0.412. The number of nitrogens with zero attached hydrogens (tertiary/aromatic N) is 3. The highest BCUT2D eigenvalue weighted by atomic mass is 35.5. The average molecular weight is 457 g/mol. The van der Waals surface area contributed by atoms with Crippen molar-refractivity contribution in [3.8, 4) is 22.9 Å². The van der Waals surface area contributed by atoms with Crippen LogP contribution >= 0.6 is 12.4 Å². The lowest BCUT2D eigenvalue weighted by Crippen LogP contribution is -2.39. The highest BCUT2D eigenvalue weighted by molar-refractivity contribution is 5.96. The molecule has 5 heterocycles. The summed E-state index contributed by atoms with van der Waals surface area (Å²) in [7, 11) is 5.24. The van der Waals surface area contributed by atoms with Gasteiger partial charge in [0.1, 0.15) is 11.2 Å². The predicted octanol–water partition coefficient (Wildman–Crippen LogP) is 3.40. The van der Waals surface area contributed by atoms with Crippen LogP contribution in [0.15, 0.2) is 30.6 Å². The number of aryl methyl sites for hydroxylation is 1. The largest absolute Gasteiger partial charge is 0.491 e. The Morgan fingerprint density at radius 2 is 2.00 bits per heavy atom. The van der Waals surface area contributed by atoms with Crippen molar-refractivity contribution in [3.05, 3.63) is 36.2 Å². The van der Waals surface area contributed by atoms with Crippen molar-refractivity contribution in [1.29, 1.82) is 0 Å². The molecule has 1 aliphatic rings. The van der Waals surface area contributed by atoms with Gasteiger partial charge in [0, 0.05) is 49.0 Å². The standard InChI is InChI=1S/C23H28N6O2.ClH/c1-29-13-17(21-19(29)11-20(30-2)23(28-21)31-3)18-10-16-14(4-9-25-22(16)27-18)12-26-15-5-7-24-8-6-15;/h4,9-11,13,15,24,26H,5-8,12H2,1-3H3,(H,25,27);1H. The van der Waals surface area contributed by atoms with Crippen molar-refractivity contribution in [2.24, 2.45) is 7.05 Å². The minimum atomic E-state index is 0. The summed E-state index contributed by atoms with van der Waals surface area (Å²) in [5.41, 5.74) is 5.97. The van der Waals surface area contributed by atoms with E-state index in [4.69, 9.17) is 14.5 Å². The third-order valence-electron chi connectivity index (χ3n) is 6.14. The van der Waals surface area contributed by atoms with Gasteiger partial charge in [-0.2, -0.15) is 0 Å². The summed E-state index contributed by atoms with van der Waals surface area (Å²) in [6.07, 6.45) is 6.28. The van der Waals surface area contributed by atoms with Gasteiger partial charge in [-0.05, 0) is 43.6 Å². The number of ether oxygens (including phenoxy) is 2. The van der Waals surface area contributed by atoms with E-state index in [2.05, 4.69) is 43.5 Å². The molecule has 0 radical (unpaired) electrons. The molecule has 32 heavy (non-hydrogen) atoms. The number of pyridine rings is 2. The van der Waals surface area contributed by atoms with Gasteiger partial charge in [-0.3, -0.25) is 0 Å². The van der Waals surface area contributed by atoms with Crippen molar-refractivity contribution in [2.45, 2.75) is 25.4 Å². The van der Waals surface area contributed by atoms with Crippen LogP contribution in [0.3, 0.4) is 0 Å². The Hall–Kier alpha value is -2.81. The Morgan fingerprint density at radius 1 is 1.19 bits per heavy atom. The summed E-state index contributed by atoms with van der Waals surface area (Å²) in [4.78, 5) is 12.8. The second-order valence-electron chi connectivity index (χ2n) is 8.04. The Balaban J connectivity index is 0.00000245. The first-order valence-electron chi connectivity index (χ1n) is 10.7. The van der Waals surface area contributed by atoms with Crippen molar-refractivity contribution >= 4 is 34.5 Å². The van der Waals surface area contributed by atoms with E-state index in [9.17, 15) is 0 Å². The molecule has 0 aromatic carbocycles. The molecule has 1 fully saturated rings. The van der Waals surface area contributed by atoms with Crippen molar-refractivity contribution in [3.63, 3.8) is 0 Å². The van der Waals surface area contributed by atoms with Crippen LogP contribution in [0.5, 0.6) is 11.6 Å². The molecule has 8 nitrogen and oxygen atoms in total. The number of rotatable bonds is 6. The maximum Gasteiger partial charge on any atom is 0.257 e. The van der Waals surface area contributed by atoms with Crippen LogP contribution in [0.2, 0.25) is 0 Å². The Bertz CT molecular complexity index is 1230. The number of hydrogen-bond acceptors (Lipinski definition) is 6. The normalized spacial score (nSPS) is 14.6. The molecule has 0 aliphatic carbocycles. The fraction of sp³-hybridized carbons (Fsp3) is 0.391. The van der Waals surface area contributed by atoms with Crippen LogP contribution in [0.4, 0.5) is 0 Å². The Kier molecular flexibility index (Phi) is 6.55. The number of hydrogen-bond donors (Lipinski definition) is 3. The highest BCUT2D eigenvalue weighted by Gasteiger charge is 2.18. The van der Waals surface area contributed by atoms with Gasteiger partial charge < -0.3 is 29.7 Å². The average Bonchev–Trinajstić information content (AvgIpc) is 3.38. The molecule has 0 bridgehead atoms. The number of fused-ring (bicyclic) bond motifs is 2. The minimum absolute atomic E-state index is 0. The first kappa shape index (κ1) is 22.4.